The first-order valence-corrected chi connectivity index (χ1v) is 5.99. The highest BCUT2D eigenvalue weighted by molar-refractivity contribution is 7.17. The molecule has 3 rings (SSSR count). The van der Waals surface area contributed by atoms with Crippen LogP contribution in [-0.2, 0) is 6.42 Å². The van der Waals surface area contributed by atoms with Crippen LogP contribution in [0.3, 0.4) is 0 Å². The molecule has 0 aliphatic rings. The topological polar surface area (TPSA) is 76.7 Å². The minimum atomic E-state index is 0.689. The molecular weight excluding hydrogens is 238 g/mol. The van der Waals surface area contributed by atoms with Crippen LogP contribution in [0, 0.1) is 0 Å². The van der Waals surface area contributed by atoms with Crippen LogP contribution in [0.1, 0.15) is 5.82 Å². The Morgan fingerprint density at radius 1 is 1.29 bits per heavy atom. The highest BCUT2D eigenvalue weighted by Crippen LogP contribution is 2.24. The molecule has 0 radical (unpaired) electrons. The molecule has 0 aliphatic heterocycles. The highest BCUT2D eigenvalue weighted by atomic mass is 32.1. The van der Waals surface area contributed by atoms with Gasteiger partial charge in [-0.15, -0.1) is 11.3 Å². The van der Waals surface area contributed by atoms with Crippen molar-refractivity contribution >= 4 is 27.4 Å². The van der Waals surface area contributed by atoms with Gasteiger partial charge in [-0.2, -0.15) is 4.98 Å². The fourth-order valence-electron chi connectivity index (χ4n) is 1.51. The molecule has 0 amide bonds. The Bertz CT molecular complexity index is 606. The zero-order chi connectivity index (χ0) is 11.5. The molecule has 0 aliphatic carbocycles. The van der Waals surface area contributed by atoms with Crippen molar-refractivity contribution in [1.29, 1.82) is 0 Å². The van der Waals surface area contributed by atoms with Gasteiger partial charge in [0.05, 0.1) is 10.2 Å². The lowest BCUT2D eigenvalue weighted by atomic mass is 10.4. The largest absolute Gasteiger partial charge is 0.368 e. The second-order valence-corrected chi connectivity index (χ2v) is 4.30. The van der Waals surface area contributed by atoms with E-state index in [9.17, 15) is 0 Å². The van der Waals surface area contributed by atoms with E-state index in [4.69, 9.17) is 0 Å². The van der Waals surface area contributed by atoms with Crippen molar-refractivity contribution in [1.82, 2.24) is 20.1 Å². The third-order valence-electron chi connectivity index (χ3n) is 2.29. The summed E-state index contributed by atoms with van der Waals surface area (Å²) in [7, 11) is 0. The summed E-state index contributed by atoms with van der Waals surface area (Å²) in [4.78, 5) is 12.4. The van der Waals surface area contributed by atoms with E-state index in [0.29, 0.717) is 18.8 Å². The average Bonchev–Trinajstić information content (AvgIpc) is 2.99. The molecule has 0 saturated heterocycles. The predicted molar refractivity (Wildman–Crippen MR) is 63.9 cm³/mol. The van der Waals surface area contributed by atoms with Crippen LogP contribution < -0.4 is 5.32 Å². The van der Waals surface area contributed by atoms with Crippen LogP contribution in [0.25, 0.3) is 10.2 Å². The standard InChI is InChI=1S/C10H9N5OS/c1(8-14-6-16-15-8)3-11-10-9-7(2-4-17-9)12-5-13-10/h2,4-6H,1,3H2,(H,11,12,13). The number of nitrogens with zero attached hydrogens (tertiary/aromatic N) is 4. The van der Waals surface area contributed by atoms with Gasteiger partial charge >= 0.3 is 0 Å². The normalized spacial score (nSPS) is 10.8. The Kier molecular flexibility index (Phi) is 2.66. The van der Waals surface area contributed by atoms with Gasteiger partial charge in [-0.3, -0.25) is 0 Å². The first-order chi connectivity index (χ1) is 8.43. The number of rotatable bonds is 4. The minimum Gasteiger partial charge on any atom is -0.368 e. The average molecular weight is 247 g/mol. The van der Waals surface area contributed by atoms with E-state index in [-0.39, 0.29) is 0 Å². The zero-order valence-corrected chi connectivity index (χ0v) is 9.65. The molecule has 6 nitrogen and oxygen atoms in total. The van der Waals surface area contributed by atoms with Gasteiger partial charge in [-0.1, -0.05) is 5.16 Å². The van der Waals surface area contributed by atoms with Gasteiger partial charge in [0.15, 0.2) is 5.82 Å². The summed E-state index contributed by atoms with van der Waals surface area (Å²) in [6.07, 6.45) is 3.59. The summed E-state index contributed by atoms with van der Waals surface area (Å²) >= 11 is 1.62. The molecular formula is C10H9N5OS. The molecule has 0 unspecified atom stereocenters. The monoisotopic (exact) mass is 247 g/mol. The lowest BCUT2D eigenvalue weighted by Crippen LogP contribution is -2.07. The molecule has 0 aromatic carbocycles. The van der Waals surface area contributed by atoms with Crippen molar-refractivity contribution in [3.8, 4) is 0 Å². The maximum atomic E-state index is 4.66. The Morgan fingerprint density at radius 2 is 2.29 bits per heavy atom. The molecule has 3 heterocycles. The van der Waals surface area contributed by atoms with Gasteiger partial charge in [-0.25, -0.2) is 9.97 Å². The van der Waals surface area contributed by atoms with E-state index in [2.05, 4.69) is 29.9 Å². The molecule has 0 bridgehead atoms. The van der Waals surface area contributed by atoms with Crippen molar-refractivity contribution in [3.05, 3.63) is 30.0 Å². The summed E-state index contributed by atoms with van der Waals surface area (Å²) in [5.41, 5.74) is 0.965. The van der Waals surface area contributed by atoms with Crippen LogP contribution >= 0.6 is 11.3 Å². The Labute approximate surface area is 101 Å². The SMILES string of the molecule is c1nc(NCCc2ncon2)c2sccc2n1. The first kappa shape index (κ1) is 10.2. The van der Waals surface area contributed by atoms with Gasteiger partial charge in [0, 0.05) is 13.0 Å². The van der Waals surface area contributed by atoms with Crippen LogP contribution in [0.15, 0.2) is 28.7 Å². The number of hydrogen-bond acceptors (Lipinski definition) is 7. The molecule has 0 atom stereocenters. The molecule has 0 spiro atoms. The fraction of sp³-hybridized carbons (Fsp3) is 0.200. The predicted octanol–water partition coefficient (Wildman–Crippen LogP) is 1.73. The van der Waals surface area contributed by atoms with Gasteiger partial charge in [0.1, 0.15) is 12.1 Å². The Hall–Kier alpha value is -2.02. The second kappa shape index (κ2) is 4.46. The summed E-state index contributed by atoms with van der Waals surface area (Å²) in [6.45, 7) is 0.712. The lowest BCUT2D eigenvalue weighted by Gasteiger charge is -2.03. The van der Waals surface area contributed by atoms with Crippen molar-refractivity contribution in [2.24, 2.45) is 0 Å². The van der Waals surface area contributed by atoms with Gasteiger partial charge in [0.25, 0.3) is 0 Å². The van der Waals surface area contributed by atoms with E-state index in [1.165, 1.54) is 6.39 Å². The van der Waals surface area contributed by atoms with Crippen molar-refractivity contribution in [2.75, 3.05) is 11.9 Å². The molecule has 7 heteroatoms. The van der Waals surface area contributed by atoms with Crippen LogP contribution in [0.5, 0.6) is 0 Å². The Balaban J connectivity index is 1.70. The van der Waals surface area contributed by atoms with E-state index in [1.807, 2.05) is 11.4 Å². The number of aromatic nitrogens is 4. The van der Waals surface area contributed by atoms with Crippen LogP contribution in [0.2, 0.25) is 0 Å². The van der Waals surface area contributed by atoms with Gasteiger partial charge in [-0.05, 0) is 11.4 Å². The van der Waals surface area contributed by atoms with Crippen molar-refractivity contribution in [3.63, 3.8) is 0 Å². The van der Waals surface area contributed by atoms with Gasteiger partial charge < -0.3 is 9.84 Å². The number of nitrogens with one attached hydrogen (secondary N) is 1. The van der Waals surface area contributed by atoms with E-state index in [0.717, 1.165) is 16.0 Å². The zero-order valence-electron chi connectivity index (χ0n) is 8.83. The lowest BCUT2D eigenvalue weighted by molar-refractivity contribution is 0.410. The summed E-state index contributed by atoms with van der Waals surface area (Å²) < 4.78 is 5.73. The quantitative estimate of drug-likeness (QED) is 0.756. The molecule has 3 aromatic rings. The number of anilines is 1. The highest BCUT2D eigenvalue weighted by Gasteiger charge is 2.04. The van der Waals surface area contributed by atoms with Crippen LogP contribution in [0.4, 0.5) is 5.82 Å². The smallest absolute Gasteiger partial charge is 0.213 e. The Morgan fingerprint density at radius 3 is 3.18 bits per heavy atom. The van der Waals surface area contributed by atoms with E-state index >= 15 is 0 Å². The molecule has 1 N–H and O–H groups in total. The number of hydrogen-bond donors (Lipinski definition) is 1. The fourth-order valence-corrected chi connectivity index (χ4v) is 2.32. The summed E-state index contributed by atoms with van der Waals surface area (Å²) in [5.74, 6) is 1.54. The van der Waals surface area contributed by atoms with Crippen molar-refractivity contribution < 1.29 is 4.52 Å². The number of fused-ring (bicyclic) bond motifs is 1. The third-order valence-corrected chi connectivity index (χ3v) is 3.20. The summed E-state index contributed by atoms with van der Waals surface area (Å²) in [5, 5.41) is 9.00. The second-order valence-electron chi connectivity index (χ2n) is 3.38. The summed E-state index contributed by atoms with van der Waals surface area (Å²) in [6, 6.07) is 1.98. The first-order valence-electron chi connectivity index (χ1n) is 5.11. The maximum Gasteiger partial charge on any atom is 0.213 e. The van der Waals surface area contributed by atoms with Crippen LogP contribution in [-0.4, -0.2) is 26.7 Å². The molecule has 0 saturated carbocycles. The molecule has 3 aromatic heterocycles. The van der Waals surface area contributed by atoms with Crippen molar-refractivity contribution in [2.45, 2.75) is 6.42 Å². The van der Waals surface area contributed by atoms with E-state index < -0.39 is 0 Å². The number of thiophene rings is 1. The molecule has 0 fully saturated rings. The maximum absolute atomic E-state index is 4.66. The van der Waals surface area contributed by atoms with E-state index in [1.54, 1.807) is 17.7 Å². The van der Waals surface area contributed by atoms with Gasteiger partial charge in [0.2, 0.25) is 6.39 Å². The third kappa shape index (κ3) is 2.09. The minimum absolute atomic E-state index is 0.689. The molecule has 86 valence electrons. The molecule has 17 heavy (non-hydrogen) atoms.